The van der Waals surface area contributed by atoms with Crippen LogP contribution in [0, 0.1) is 0 Å². The van der Waals surface area contributed by atoms with Crippen LogP contribution in [-0.4, -0.2) is 67.2 Å². The second-order valence-electron chi connectivity index (χ2n) is 10.6. The van der Waals surface area contributed by atoms with E-state index in [2.05, 4.69) is 31.0 Å². The summed E-state index contributed by atoms with van der Waals surface area (Å²) in [5.74, 6) is -1.44. The van der Waals surface area contributed by atoms with Crippen LogP contribution in [0.2, 0.25) is 20.1 Å². The van der Waals surface area contributed by atoms with E-state index in [9.17, 15) is 24.6 Å². The zero-order valence-corrected chi connectivity index (χ0v) is 33.3. The van der Waals surface area contributed by atoms with Gasteiger partial charge in [-0.15, -0.1) is 0 Å². The topological polar surface area (TPSA) is 167 Å². The molecule has 0 bridgehead atoms. The van der Waals surface area contributed by atoms with E-state index in [-0.39, 0.29) is 37.1 Å². The molecule has 0 aliphatic rings. The van der Waals surface area contributed by atoms with Crippen molar-refractivity contribution in [2.24, 2.45) is 0 Å². The maximum atomic E-state index is 11.7. The Morgan fingerprint density at radius 2 is 1.36 bits per heavy atom. The molecule has 5 rings (SSSR count). The fourth-order valence-corrected chi connectivity index (χ4v) is 5.34. The van der Waals surface area contributed by atoms with E-state index >= 15 is 0 Å². The van der Waals surface area contributed by atoms with Crippen LogP contribution in [0.15, 0.2) is 102 Å². The van der Waals surface area contributed by atoms with Crippen LogP contribution < -0.4 is 10.1 Å². The summed E-state index contributed by atoms with van der Waals surface area (Å²) in [4.78, 5) is 38.1. The number of esters is 1. The van der Waals surface area contributed by atoms with Crippen molar-refractivity contribution in [3.8, 4) is 23.0 Å². The van der Waals surface area contributed by atoms with Crippen LogP contribution in [-0.2, 0) is 23.8 Å². The number of nitrogens with one attached hydrogen (secondary N) is 1. The molecule has 4 aromatic carbocycles. The molecule has 1 amide bonds. The summed E-state index contributed by atoms with van der Waals surface area (Å²) in [6.07, 6.45) is 1.15. The van der Waals surface area contributed by atoms with Crippen molar-refractivity contribution in [3.05, 3.63) is 134 Å². The number of amides is 1. The Morgan fingerprint density at radius 1 is 0.818 bits per heavy atom. The summed E-state index contributed by atoms with van der Waals surface area (Å²) in [6, 6.07) is 22.5. The lowest BCUT2D eigenvalue weighted by Gasteiger charge is -2.17. The fraction of sp³-hybridized carbons (Fsp3) is 0.211. The van der Waals surface area contributed by atoms with Crippen LogP contribution in [0.25, 0.3) is 11.5 Å². The lowest BCUT2D eigenvalue weighted by Crippen LogP contribution is -2.34. The number of halogens is 5. The summed E-state index contributed by atoms with van der Waals surface area (Å²) < 4.78 is 25.4. The molecule has 3 N–H and O–H groups in total. The minimum Gasteiger partial charge on any atom is -0.507 e. The maximum Gasteiger partial charge on any atom is 0.349 e. The summed E-state index contributed by atoms with van der Waals surface area (Å²) in [7, 11) is 4.29. The fourth-order valence-electron chi connectivity index (χ4n) is 4.25. The highest BCUT2D eigenvalue weighted by Gasteiger charge is 2.24. The predicted octanol–water partition coefficient (Wildman–Crippen LogP) is 9.83. The molecule has 0 fully saturated rings. The molecule has 0 spiro atoms. The Balaban J connectivity index is 0.000000298. The number of benzene rings is 4. The lowest BCUT2D eigenvalue weighted by molar-refractivity contribution is -0.145. The number of methoxy groups -OCH3 is 3. The average Bonchev–Trinajstić information content (AvgIpc) is 3.71. The Kier molecular flexibility index (Phi) is 20.0. The van der Waals surface area contributed by atoms with Gasteiger partial charge in [0.1, 0.15) is 22.6 Å². The number of aromatic nitrogens is 1. The number of carbonyl (C=O) groups excluding carboxylic acids is 2. The van der Waals surface area contributed by atoms with Gasteiger partial charge in [-0.05, 0) is 66.2 Å². The van der Waals surface area contributed by atoms with E-state index < -0.39 is 29.1 Å². The normalized spacial score (nSPS) is 11.4. The first kappa shape index (κ1) is 46.8. The number of carbonyl (C=O) groups is 3. The minimum absolute atomic E-state index is 0. The van der Waals surface area contributed by atoms with E-state index in [1.165, 1.54) is 52.0 Å². The molecule has 12 nitrogen and oxygen atoms in total. The number of alkyl halides is 1. The van der Waals surface area contributed by atoms with E-state index in [4.69, 9.17) is 65.0 Å². The number of phenolic OH excluding ortho intramolecular Hbond substituents is 1. The third-order valence-electron chi connectivity index (χ3n) is 6.98. The third kappa shape index (κ3) is 14.7. The molecule has 1 aromatic heterocycles. The van der Waals surface area contributed by atoms with E-state index in [1.807, 2.05) is 0 Å². The molecule has 0 saturated heterocycles. The van der Waals surface area contributed by atoms with Gasteiger partial charge in [0.2, 0.25) is 12.0 Å². The van der Waals surface area contributed by atoms with Gasteiger partial charge in [0.05, 0.1) is 31.0 Å². The molecule has 0 saturated carbocycles. The number of aliphatic carboxylic acids is 1. The molecule has 0 radical (unpaired) electrons. The van der Waals surface area contributed by atoms with E-state index in [0.717, 1.165) is 5.56 Å². The van der Waals surface area contributed by atoms with Gasteiger partial charge in [-0.25, -0.2) is 9.78 Å². The highest BCUT2D eigenvalue weighted by Crippen LogP contribution is 2.35. The summed E-state index contributed by atoms with van der Waals surface area (Å²) >= 11 is 26.5. The van der Waals surface area contributed by atoms with Crippen molar-refractivity contribution in [1.82, 2.24) is 10.3 Å². The van der Waals surface area contributed by atoms with Crippen molar-refractivity contribution < 1.29 is 48.0 Å². The molecule has 55 heavy (non-hydrogen) atoms. The van der Waals surface area contributed by atoms with Gasteiger partial charge < -0.3 is 38.9 Å². The maximum absolute atomic E-state index is 11.7. The monoisotopic (exact) mass is 900 g/mol. The number of phenols is 1. The van der Waals surface area contributed by atoms with Crippen molar-refractivity contribution in [2.75, 3.05) is 27.9 Å². The number of oxazole rings is 1. The summed E-state index contributed by atoms with van der Waals surface area (Å²) in [5.41, 5.74) is 1.87. The van der Waals surface area contributed by atoms with Crippen molar-refractivity contribution >= 4 is 80.2 Å². The van der Waals surface area contributed by atoms with Crippen molar-refractivity contribution in [3.63, 3.8) is 0 Å². The van der Waals surface area contributed by atoms with E-state index in [0.29, 0.717) is 37.0 Å². The SMILES string of the molecule is C.COC(=O)C(Br)c1ccc(Cl)cc1.COC(CNC(=O)c1cc(Cl)ccc1O)OC.O=C(O)C(Oc1ccc(Cl)cc1-c1ncco1)c1ccc(Cl)cc1. The molecule has 5 aromatic rings. The first-order chi connectivity index (χ1) is 25.8. The van der Waals surface area contributed by atoms with Gasteiger partial charge in [0, 0.05) is 39.9 Å². The summed E-state index contributed by atoms with van der Waals surface area (Å²) in [5, 5.41) is 23.6. The number of hydrogen-bond donors (Lipinski definition) is 3. The van der Waals surface area contributed by atoms with E-state index in [1.54, 1.807) is 66.7 Å². The largest absolute Gasteiger partial charge is 0.507 e. The highest BCUT2D eigenvalue weighted by molar-refractivity contribution is 9.09. The second-order valence-corrected chi connectivity index (χ2v) is 13.2. The van der Waals surface area contributed by atoms with Crippen LogP contribution in [0.1, 0.15) is 39.8 Å². The van der Waals surface area contributed by atoms with Gasteiger partial charge in [0.25, 0.3) is 5.91 Å². The number of aromatic hydroxyl groups is 1. The van der Waals surface area contributed by atoms with Crippen LogP contribution in [0.5, 0.6) is 11.5 Å². The molecular weight excluding hydrogens is 866 g/mol. The Bertz CT molecular complexity index is 1960. The van der Waals surface area contributed by atoms with Crippen molar-refractivity contribution in [1.29, 1.82) is 0 Å². The average molecular weight is 903 g/mol. The Labute approximate surface area is 346 Å². The highest BCUT2D eigenvalue weighted by atomic mass is 79.9. The van der Waals surface area contributed by atoms with Gasteiger partial charge >= 0.3 is 11.9 Å². The number of hydrogen-bond acceptors (Lipinski definition) is 10. The van der Waals surface area contributed by atoms with Gasteiger partial charge in [-0.2, -0.15) is 0 Å². The van der Waals surface area contributed by atoms with Crippen LogP contribution >= 0.6 is 62.3 Å². The smallest absolute Gasteiger partial charge is 0.349 e. The minimum atomic E-state index is -1.21. The molecule has 2 unspecified atom stereocenters. The van der Waals surface area contributed by atoms with Crippen LogP contribution in [0.3, 0.4) is 0 Å². The zero-order valence-electron chi connectivity index (χ0n) is 28.7. The van der Waals surface area contributed by atoms with Crippen LogP contribution in [0.4, 0.5) is 0 Å². The molecule has 0 aliphatic carbocycles. The lowest BCUT2D eigenvalue weighted by atomic mass is 10.1. The van der Waals surface area contributed by atoms with Gasteiger partial charge in [0.15, 0.2) is 6.29 Å². The number of carboxylic acids is 1. The molecule has 294 valence electrons. The zero-order chi connectivity index (χ0) is 39.8. The second kappa shape index (κ2) is 23.6. The Morgan fingerprint density at radius 3 is 1.89 bits per heavy atom. The molecule has 2 atom stereocenters. The summed E-state index contributed by atoms with van der Waals surface area (Å²) in [6.45, 7) is 0.178. The molecular formula is C38H37BrCl4N2O10. The van der Waals surface area contributed by atoms with Gasteiger partial charge in [-0.3, -0.25) is 9.59 Å². The first-order valence-corrected chi connectivity index (χ1v) is 17.8. The third-order valence-corrected chi connectivity index (χ3v) is 8.85. The van der Waals surface area contributed by atoms with Crippen molar-refractivity contribution in [2.45, 2.75) is 24.6 Å². The Hall–Kier alpha value is -4.34. The first-order valence-electron chi connectivity index (χ1n) is 15.4. The molecule has 1 heterocycles. The number of rotatable bonds is 12. The number of carboxylic acid groups (broad SMARTS) is 1. The number of nitrogens with zero attached hydrogens (tertiary/aromatic N) is 1. The molecule has 0 aliphatic heterocycles. The quantitative estimate of drug-likeness (QED) is 0.0620. The predicted molar refractivity (Wildman–Crippen MR) is 215 cm³/mol. The standard InChI is InChI=1S/C17H11Cl2NO4.C11H14ClNO4.C9H8BrClO2.CH4/c18-11-3-1-10(2-4-11)15(17(21)22)24-14-6-5-12(19)9-13(14)16-20-7-8-23-16;1-16-10(17-2)6-13-11(15)8-5-7(12)3-4-9(8)14;1-13-9(12)8(10)6-2-4-7(11)5-3-6;/h1-9,15H,(H,21,22);3-5,10,14H,6H2,1-2H3,(H,13,15);2-5,8H,1H3;1H4. The number of ether oxygens (including phenoxy) is 4. The van der Waals surface area contributed by atoms with Gasteiger partial charge in [-0.1, -0.05) is 94.0 Å². The molecule has 17 heteroatoms.